The molecule has 3 rings (SSSR count). The largest absolute Gasteiger partial charge is 0.286 e. The smallest absolute Gasteiger partial charge is 0.123 e. The van der Waals surface area contributed by atoms with Crippen LogP contribution in [-0.2, 0) is 6.54 Å². The third-order valence-corrected chi connectivity index (χ3v) is 2.85. The molecule has 0 aromatic heterocycles. The molecule has 2 nitrogen and oxygen atoms in total. The first-order chi connectivity index (χ1) is 8.83. The van der Waals surface area contributed by atoms with Crippen molar-refractivity contribution in [1.29, 1.82) is 0 Å². The molecule has 0 saturated heterocycles. The van der Waals surface area contributed by atoms with Crippen LogP contribution in [-0.4, -0.2) is 11.9 Å². The maximum Gasteiger partial charge on any atom is 0.123 e. The number of benzene rings is 2. The predicted molar refractivity (Wildman–Crippen MR) is 71.2 cm³/mol. The van der Waals surface area contributed by atoms with Crippen LogP contribution < -0.4 is 0 Å². The van der Waals surface area contributed by atoms with E-state index in [9.17, 15) is 4.39 Å². The van der Waals surface area contributed by atoms with Crippen LogP contribution in [0, 0.1) is 5.82 Å². The van der Waals surface area contributed by atoms with Crippen LogP contribution in [0.25, 0.3) is 0 Å². The summed E-state index contributed by atoms with van der Waals surface area (Å²) in [6.07, 6.45) is 1.74. The van der Waals surface area contributed by atoms with Gasteiger partial charge < -0.3 is 0 Å². The third kappa shape index (κ3) is 2.07. The van der Waals surface area contributed by atoms with Gasteiger partial charge in [0.1, 0.15) is 5.82 Å². The first kappa shape index (κ1) is 10.8. The zero-order chi connectivity index (χ0) is 12.4. The number of hydrogen-bond donors (Lipinski definition) is 0. The maximum atomic E-state index is 12.9. The van der Waals surface area contributed by atoms with Gasteiger partial charge in [0.2, 0.25) is 0 Å². The van der Waals surface area contributed by atoms with E-state index in [-0.39, 0.29) is 5.82 Å². The van der Waals surface area contributed by atoms with Crippen LogP contribution in [0.1, 0.15) is 11.1 Å². The molecule has 18 heavy (non-hydrogen) atoms. The van der Waals surface area contributed by atoms with E-state index in [0.717, 1.165) is 22.5 Å². The molecule has 0 fully saturated rings. The molecule has 0 amide bonds. The van der Waals surface area contributed by atoms with Crippen molar-refractivity contribution in [3.8, 4) is 0 Å². The molecule has 0 aliphatic carbocycles. The lowest BCUT2D eigenvalue weighted by molar-refractivity contribution is 0.628. The van der Waals surface area contributed by atoms with Crippen molar-refractivity contribution in [3.05, 3.63) is 65.5 Å². The molecule has 1 aliphatic rings. The lowest BCUT2D eigenvalue weighted by atomic mass is 10.1. The van der Waals surface area contributed by atoms with Crippen molar-refractivity contribution in [2.45, 2.75) is 6.54 Å². The van der Waals surface area contributed by atoms with Gasteiger partial charge in [0.05, 0.1) is 17.9 Å². The second kappa shape index (κ2) is 4.53. The van der Waals surface area contributed by atoms with Gasteiger partial charge in [-0.3, -0.25) is 4.99 Å². The summed E-state index contributed by atoms with van der Waals surface area (Å²) in [5.74, 6) is -0.245. The van der Waals surface area contributed by atoms with E-state index in [1.807, 2.05) is 24.3 Å². The minimum absolute atomic E-state index is 0.245. The Kier molecular flexibility index (Phi) is 2.73. The molecule has 2 aromatic rings. The van der Waals surface area contributed by atoms with Crippen LogP contribution in [0.3, 0.4) is 0 Å². The molecule has 0 atom stereocenters. The number of para-hydroxylation sites is 1. The molecule has 0 N–H and O–H groups in total. The summed E-state index contributed by atoms with van der Waals surface area (Å²) in [6.45, 7) is 0.629. The molecular weight excluding hydrogens is 227 g/mol. The monoisotopic (exact) mass is 238 g/mol. The molecule has 0 spiro atoms. The number of halogens is 1. The van der Waals surface area contributed by atoms with Gasteiger partial charge >= 0.3 is 0 Å². The Labute approximate surface area is 105 Å². The van der Waals surface area contributed by atoms with Gasteiger partial charge in [-0.05, 0) is 35.9 Å². The lowest BCUT2D eigenvalue weighted by Gasteiger charge is -2.01. The van der Waals surface area contributed by atoms with Gasteiger partial charge in [0.15, 0.2) is 0 Å². The average molecular weight is 238 g/mol. The van der Waals surface area contributed by atoms with Crippen molar-refractivity contribution in [2.24, 2.45) is 9.98 Å². The summed E-state index contributed by atoms with van der Waals surface area (Å²) < 4.78 is 12.9. The van der Waals surface area contributed by atoms with E-state index >= 15 is 0 Å². The van der Waals surface area contributed by atoms with Crippen molar-refractivity contribution in [3.63, 3.8) is 0 Å². The molecule has 3 heteroatoms. The number of aliphatic imine (C=N–C) groups is 2. The highest BCUT2D eigenvalue weighted by molar-refractivity contribution is 6.39. The molecule has 88 valence electrons. The maximum absolute atomic E-state index is 12.9. The second-order valence-corrected chi connectivity index (χ2v) is 4.10. The second-order valence-electron chi connectivity index (χ2n) is 4.10. The van der Waals surface area contributed by atoms with Crippen LogP contribution in [0.4, 0.5) is 10.1 Å². The zero-order valence-electron chi connectivity index (χ0n) is 9.68. The summed E-state index contributed by atoms with van der Waals surface area (Å²) in [4.78, 5) is 8.93. The SMILES string of the molecule is Fc1ccc(C2=Nc3ccccc3CN=C2)cc1. The van der Waals surface area contributed by atoms with Crippen molar-refractivity contribution in [1.82, 2.24) is 0 Å². The van der Waals surface area contributed by atoms with Gasteiger partial charge in [-0.2, -0.15) is 0 Å². The summed E-state index contributed by atoms with van der Waals surface area (Å²) in [7, 11) is 0. The number of rotatable bonds is 1. The van der Waals surface area contributed by atoms with E-state index < -0.39 is 0 Å². The number of fused-ring (bicyclic) bond motifs is 1. The van der Waals surface area contributed by atoms with Crippen LogP contribution in [0.2, 0.25) is 0 Å². The summed E-state index contributed by atoms with van der Waals surface area (Å²) in [6, 6.07) is 14.2. The Morgan fingerprint density at radius 3 is 2.56 bits per heavy atom. The summed E-state index contributed by atoms with van der Waals surface area (Å²) in [5, 5.41) is 0. The van der Waals surface area contributed by atoms with Crippen molar-refractivity contribution in [2.75, 3.05) is 0 Å². The van der Waals surface area contributed by atoms with Gasteiger partial charge in [-0.25, -0.2) is 9.38 Å². The fourth-order valence-electron chi connectivity index (χ4n) is 1.90. The molecule has 1 heterocycles. The Balaban J connectivity index is 2.07. The molecular formula is C15H11FN2. The highest BCUT2D eigenvalue weighted by Crippen LogP contribution is 2.22. The third-order valence-electron chi connectivity index (χ3n) is 2.85. The van der Waals surface area contributed by atoms with Gasteiger partial charge in [-0.1, -0.05) is 18.2 Å². The number of nitrogens with zero attached hydrogens (tertiary/aromatic N) is 2. The molecule has 2 aromatic carbocycles. The fraction of sp³-hybridized carbons (Fsp3) is 0.0667. The van der Waals surface area contributed by atoms with Gasteiger partial charge in [0, 0.05) is 11.8 Å². The summed E-state index contributed by atoms with van der Waals surface area (Å²) >= 11 is 0. The van der Waals surface area contributed by atoms with E-state index in [0.29, 0.717) is 6.54 Å². The van der Waals surface area contributed by atoms with E-state index in [1.54, 1.807) is 18.3 Å². The van der Waals surface area contributed by atoms with E-state index in [4.69, 9.17) is 0 Å². The predicted octanol–water partition coefficient (Wildman–Crippen LogP) is 3.53. The van der Waals surface area contributed by atoms with Gasteiger partial charge in [-0.15, -0.1) is 0 Å². The highest BCUT2D eigenvalue weighted by atomic mass is 19.1. The minimum atomic E-state index is -0.245. The quantitative estimate of drug-likeness (QED) is 0.726. The topological polar surface area (TPSA) is 24.7 Å². The standard InChI is InChI=1S/C15H11FN2/c16-13-7-5-11(6-8-13)15-10-17-9-12-3-1-2-4-14(12)18-15/h1-8,10H,9H2. The summed E-state index contributed by atoms with van der Waals surface area (Å²) in [5.41, 5.74) is 3.66. The molecule has 0 saturated carbocycles. The Bertz CT molecular complexity index is 627. The van der Waals surface area contributed by atoms with Crippen LogP contribution in [0.15, 0.2) is 58.5 Å². The first-order valence-electron chi connectivity index (χ1n) is 5.75. The number of hydrogen-bond acceptors (Lipinski definition) is 2. The minimum Gasteiger partial charge on any atom is -0.286 e. The zero-order valence-corrected chi connectivity index (χ0v) is 9.68. The van der Waals surface area contributed by atoms with Crippen LogP contribution in [0.5, 0.6) is 0 Å². The Morgan fingerprint density at radius 1 is 0.944 bits per heavy atom. The van der Waals surface area contributed by atoms with Crippen molar-refractivity contribution < 1.29 is 4.39 Å². The van der Waals surface area contributed by atoms with Crippen molar-refractivity contribution >= 4 is 17.6 Å². The molecule has 0 bridgehead atoms. The molecule has 0 radical (unpaired) electrons. The molecule has 1 aliphatic heterocycles. The van der Waals surface area contributed by atoms with E-state index in [2.05, 4.69) is 9.98 Å². The molecule has 0 unspecified atom stereocenters. The van der Waals surface area contributed by atoms with Crippen LogP contribution >= 0.6 is 0 Å². The lowest BCUT2D eigenvalue weighted by Crippen LogP contribution is -2.01. The normalized spacial score (nSPS) is 13.7. The average Bonchev–Trinajstić information content (AvgIpc) is 2.61. The fourth-order valence-corrected chi connectivity index (χ4v) is 1.90. The Morgan fingerprint density at radius 2 is 1.72 bits per heavy atom. The Hall–Kier alpha value is -2.29. The van der Waals surface area contributed by atoms with Gasteiger partial charge in [0.25, 0.3) is 0 Å². The van der Waals surface area contributed by atoms with E-state index in [1.165, 1.54) is 12.1 Å². The highest BCUT2D eigenvalue weighted by Gasteiger charge is 2.07. The first-order valence-corrected chi connectivity index (χ1v) is 5.75.